The summed E-state index contributed by atoms with van der Waals surface area (Å²) in [6.07, 6.45) is 4.71. The summed E-state index contributed by atoms with van der Waals surface area (Å²) in [7, 11) is 0. The molecule has 0 heterocycles. The van der Waals surface area contributed by atoms with Gasteiger partial charge in [-0.05, 0) is 49.1 Å². The number of hydrogen-bond acceptors (Lipinski definition) is 3. The van der Waals surface area contributed by atoms with Crippen LogP contribution in [0, 0.1) is 17.8 Å². The van der Waals surface area contributed by atoms with Gasteiger partial charge < -0.3 is 11.1 Å². The van der Waals surface area contributed by atoms with Crippen LogP contribution >= 0.6 is 11.8 Å². The number of carbonyl (C=O) groups is 1. The van der Waals surface area contributed by atoms with Crippen molar-refractivity contribution in [3.05, 3.63) is 0 Å². The normalized spacial score (nSPS) is 14.6. The van der Waals surface area contributed by atoms with Gasteiger partial charge in [0.05, 0.1) is 0 Å². The van der Waals surface area contributed by atoms with Crippen LogP contribution in [0.25, 0.3) is 0 Å². The molecule has 0 aromatic heterocycles. The van der Waals surface area contributed by atoms with Gasteiger partial charge in [0.25, 0.3) is 0 Å². The molecule has 3 nitrogen and oxygen atoms in total. The van der Waals surface area contributed by atoms with Crippen LogP contribution in [0.4, 0.5) is 0 Å². The summed E-state index contributed by atoms with van der Waals surface area (Å²) in [5, 5.41) is 3.02. The van der Waals surface area contributed by atoms with Crippen LogP contribution in [0.1, 0.15) is 40.0 Å². The second kappa shape index (κ2) is 10.7. The molecule has 0 bridgehead atoms. The van der Waals surface area contributed by atoms with E-state index in [1.54, 1.807) is 0 Å². The highest BCUT2D eigenvalue weighted by atomic mass is 32.2. The van der Waals surface area contributed by atoms with Crippen LogP contribution in [0.3, 0.4) is 0 Å². The third-order valence-electron chi connectivity index (χ3n) is 3.32. The maximum absolute atomic E-state index is 11.7. The molecule has 0 fully saturated rings. The lowest BCUT2D eigenvalue weighted by Gasteiger charge is -2.20. The molecule has 0 saturated heterocycles. The first kappa shape index (κ1) is 17.8. The first-order valence-electron chi connectivity index (χ1n) is 6.96. The van der Waals surface area contributed by atoms with E-state index in [2.05, 4.69) is 32.3 Å². The van der Waals surface area contributed by atoms with Crippen molar-refractivity contribution in [2.75, 3.05) is 25.1 Å². The number of nitrogens with one attached hydrogen (secondary N) is 1. The van der Waals surface area contributed by atoms with Crippen LogP contribution in [0.5, 0.6) is 0 Å². The number of thioether (sulfide) groups is 1. The molecule has 0 aliphatic carbocycles. The van der Waals surface area contributed by atoms with Gasteiger partial charge in [-0.1, -0.05) is 20.8 Å². The number of nitrogens with two attached hydrogens (primary N) is 1. The van der Waals surface area contributed by atoms with Crippen LogP contribution in [0.2, 0.25) is 0 Å². The van der Waals surface area contributed by atoms with E-state index in [-0.39, 0.29) is 5.91 Å². The lowest BCUT2D eigenvalue weighted by atomic mass is 9.88. The summed E-state index contributed by atoms with van der Waals surface area (Å²) in [6, 6.07) is 0. The fraction of sp³-hybridized carbons (Fsp3) is 0.929. The molecule has 18 heavy (non-hydrogen) atoms. The summed E-state index contributed by atoms with van der Waals surface area (Å²) in [6.45, 7) is 8.10. The van der Waals surface area contributed by atoms with Crippen LogP contribution in [0.15, 0.2) is 0 Å². The minimum atomic E-state index is 0.186. The lowest BCUT2D eigenvalue weighted by Crippen LogP contribution is -2.29. The van der Waals surface area contributed by atoms with Crippen molar-refractivity contribution in [2.45, 2.75) is 40.0 Å². The average Bonchev–Trinajstić information content (AvgIpc) is 2.31. The SMILES string of the molecule is CSCC(C)CNC(=O)CCC(CCN)C(C)C. The molecule has 1 amide bonds. The molecular weight excluding hydrogens is 244 g/mol. The van der Waals surface area contributed by atoms with Crippen molar-refractivity contribution in [2.24, 2.45) is 23.5 Å². The number of hydrogen-bond donors (Lipinski definition) is 2. The maximum Gasteiger partial charge on any atom is 0.220 e. The molecule has 0 aliphatic rings. The van der Waals surface area contributed by atoms with E-state index in [0.29, 0.717) is 24.2 Å². The minimum absolute atomic E-state index is 0.186. The smallest absolute Gasteiger partial charge is 0.220 e. The lowest BCUT2D eigenvalue weighted by molar-refractivity contribution is -0.121. The van der Waals surface area contributed by atoms with Gasteiger partial charge in [-0.3, -0.25) is 4.79 Å². The monoisotopic (exact) mass is 274 g/mol. The second-order valence-electron chi connectivity index (χ2n) is 5.48. The Balaban J connectivity index is 3.80. The summed E-state index contributed by atoms with van der Waals surface area (Å²) in [5.41, 5.74) is 5.60. The second-order valence-corrected chi connectivity index (χ2v) is 6.40. The highest BCUT2D eigenvalue weighted by Gasteiger charge is 2.14. The fourth-order valence-corrected chi connectivity index (χ4v) is 2.75. The van der Waals surface area contributed by atoms with Crippen LogP contribution in [-0.2, 0) is 4.79 Å². The number of carbonyl (C=O) groups excluding carboxylic acids is 1. The Labute approximate surface area is 117 Å². The van der Waals surface area contributed by atoms with Crippen molar-refractivity contribution >= 4 is 17.7 Å². The molecule has 3 N–H and O–H groups in total. The van der Waals surface area contributed by atoms with Gasteiger partial charge in [-0.2, -0.15) is 11.8 Å². The summed E-state index contributed by atoms with van der Waals surface area (Å²) < 4.78 is 0. The van der Waals surface area contributed by atoms with Gasteiger partial charge in [0.1, 0.15) is 0 Å². The zero-order valence-electron chi connectivity index (χ0n) is 12.4. The Bertz CT molecular complexity index is 222. The average molecular weight is 274 g/mol. The highest BCUT2D eigenvalue weighted by Crippen LogP contribution is 2.20. The van der Waals surface area contributed by atoms with Gasteiger partial charge in [0, 0.05) is 13.0 Å². The van der Waals surface area contributed by atoms with Crippen molar-refractivity contribution in [1.29, 1.82) is 0 Å². The first-order chi connectivity index (χ1) is 8.51. The highest BCUT2D eigenvalue weighted by molar-refractivity contribution is 7.98. The molecule has 0 aromatic rings. The van der Waals surface area contributed by atoms with Crippen LogP contribution < -0.4 is 11.1 Å². The molecule has 0 rings (SSSR count). The molecule has 0 aromatic carbocycles. The predicted octanol–water partition coefficient (Wildman–Crippen LogP) is 2.50. The topological polar surface area (TPSA) is 55.1 Å². The van der Waals surface area contributed by atoms with Crippen molar-refractivity contribution < 1.29 is 4.79 Å². The molecular formula is C14H30N2OS. The predicted molar refractivity (Wildman–Crippen MR) is 81.8 cm³/mol. The Morgan fingerprint density at radius 3 is 2.44 bits per heavy atom. The summed E-state index contributed by atoms with van der Waals surface area (Å²) in [4.78, 5) is 11.7. The van der Waals surface area contributed by atoms with E-state index >= 15 is 0 Å². The Morgan fingerprint density at radius 1 is 1.28 bits per heavy atom. The summed E-state index contributed by atoms with van der Waals surface area (Å²) >= 11 is 1.82. The van der Waals surface area contributed by atoms with Crippen molar-refractivity contribution in [1.82, 2.24) is 5.32 Å². The summed E-state index contributed by atoms with van der Waals surface area (Å²) in [5.74, 6) is 3.02. The van der Waals surface area contributed by atoms with E-state index in [0.717, 1.165) is 31.7 Å². The molecule has 108 valence electrons. The van der Waals surface area contributed by atoms with Gasteiger partial charge in [-0.15, -0.1) is 0 Å². The van der Waals surface area contributed by atoms with Gasteiger partial charge in [0.15, 0.2) is 0 Å². The molecule has 4 heteroatoms. The van der Waals surface area contributed by atoms with E-state index in [9.17, 15) is 4.79 Å². The minimum Gasteiger partial charge on any atom is -0.356 e. The molecule has 0 spiro atoms. The van der Waals surface area contributed by atoms with E-state index in [4.69, 9.17) is 5.73 Å². The number of rotatable bonds is 10. The Morgan fingerprint density at radius 2 is 1.94 bits per heavy atom. The van der Waals surface area contributed by atoms with E-state index in [1.165, 1.54) is 0 Å². The van der Waals surface area contributed by atoms with Crippen LogP contribution in [-0.4, -0.2) is 31.0 Å². The Kier molecular flexibility index (Phi) is 10.5. The quantitative estimate of drug-likeness (QED) is 0.643. The van der Waals surface area contributed by atoms with Gasteiger partial charge in [-0.25, -0.2) is 0 Å². The molecule has 0 saturated carbocycles. The zero-order chi connectivity index (χ0) is 14.0. The third-order valence-corrected chi connectivity index (χ3v) is 4.22. The standard InChI is InChI=1S/C14H30N2OS/c1-11(2)13(7-8-15)5-6-14(17)16-9-12(3)10-18-4/h11-13H,5-10,15H2,1-4H3,(H,16,17). The van der Waals surface area contributed by atoms with E-state index in [1.807, 2.05) is 11.8 Å². The number of amides is 1. The van der Waals surface area contributed by atoms with Gasteiger partial charge >= 0.3 is 0 Å². The first-order valence-corrected chi connectivity index (χ1v) is 8.36. The fourth-order valence-electron chi connectivity index (χ4n) is 2.06. The van der Waals surface area contributed by atoms with E-state index < -0.39 is 0 Å². The van der Waals surface area contributed by atoms with Gasteiger partial charge in [0.2, 0.25) is 5.91 Å². The largest absolute Gasteiger partial charge is 0.356 e. The Hall–Kier alpha value is -0.220. The molecule has 2 atom stereocenters. The zero-order valence-corrected chi connectivity index (χ0v) is 13.2. The maximum atomic E-state index is 11.7. The molecule has 0 aliphatic heterocycles. The van der Waals surface area contributed by atoms with Crippen molar-refractivity contribution in [3.8, 4) is 0 Å². The molecule has 0 radical (unpaired) electrons. The molecule has 2 unspecified atom stereocenters. The third kappa shape index (κ3) is 8.81. The van der Waals surface area contributed by atoms with Crippen molar-refractivity contribution in [3.63, 3.8) is 0 Å².